The van der Waals surface area contributed by atoms with Gasteiger partial charge in [-0.1, -0.05) is 24.3 Å². The lowest BCUT2D eigenvalue weighted by Crippen LogP contribution is -2.43. The van der Waals surface area contributed by atoms with Crippen molar-refractivity contribution in [2.45, 2.75) is 19.4 Å². The van der Waals surface area contributed by atoms with Gasteiger partial charge in [0.15, 0.2) is 5.78 Å². The van der Waals surface area contributed by atoms with Crippen LogP contribution in [-0.4, -0.2) is 47.8 Å². The van der Waals surface area contributed by atoms with E-state index < -0.39 is 0 Å². The average molecular weight is 256 g/mol. The summed E-state index contributed by atoms with van der Waals surface area (Å²) in [5, 5.41) is 0. The third kappa shape index (κ3) is 2.56. The average Bonchev–Trinajstić information content (AvgIpc) is 2.80. The van der Waals surface area contributed by atoms with Crippen molar-refractivity contribution in [1.29, 1.82) is 0 Å². The lowest BCUT2D eigenvalue weighted by atomic mass is 10.0. The van der Waals surface area contributed by atoms with E-state index in [2.05, 4.69) is 9.80 Å². The molecule has 3 rings (SSSR count). The number of nitrogens with zero attached hydrogens (tertiary/aromatic N) is 2. The zero-order valence-electron chi connectivity index (χ0n) is 11.4. The standard InChI is InChI=1S/C16H20N2O/c1-13-4-2-3-5-15(13)16(19)7-9-18-11-10-17-8-6-14(18)12-17/h2-5,7,9,14H,6,8,10-12H2,1H3. The topological polar surface area (TPSA) is 23.6 Å². The van der Waals surface area contributed by atoms with Gasteiger partial charge in [-0.15, -0.1) is 0 Å². The minimum Gasteiger partial charge on any atom is -0.372 e. The van der Waals surface area contributed by atoms with Gasteiger partial charge in [0.05, 0.1) is 0 Å². The van der Waals surface area contributed by atoms with E-state index in [1.807, 2.05) is 37.4 Å². The third-order valence-electron chi connectivity index (χ3n) is 4.22. The first-order chi connectivity index (χ1) is 9.24. The maximum absolute atomic E-state index is 12.2. The quantitative estimate of drug-likeness (QED) is 0.611. The van der Waals surface area contributed by atoms with Crippen LogP contribution < -0.4 is 0 Å². The first-order valence-electron chi connectivity index (χ1n) is 7.00. The molecule has 0 N–H and O–H groups in total. The zero-order valence-corrected chi connectivity index (χ0v) is 11.4. The normalized spacial score (nSPS) is 26.1. The van der Waals surface area contributed by atoms with Gasteiger partial charge in [0, 0.05) is 50.1 Å². The summed E-state index contributed by atoms with van der Waals surface area (Å²) in [4.78, 5) is 17.0. The number of aryl methyl sites for hydroxylation is 1. The molecule has 2 fully saturated rings. The molecule has 3 nitrogen and oxygen atoms in total. The van der Waals surface area contributed by atoms with Crippen molar-refractivity contribution >= 4 is 5.78 Å². The van der Waals surface area contributed by atoms with Crippen LogP contribution >= 0.6 is 0 Å². The van der Waals surface area contributed by atoms with Crippen LogP contribution in [0.2, 0.25) is 0 Å². The van der Waals surface area contributed by atoms with Crippen molar-refractivity contribution in [2.24, 2.45) is 0 Å². The Balaban J connectivity index is 1.69. The Morgan fingerprint density at radius 1 is 1.26 bits per heavy atom. The molecule has 2 atom stereocenters. The van der Waals surface area contributed by atoms with Gasteiger partial charge in [-0.2, -0.15) is 0 Å². The first kappa shape index (κ1) is 12.4. The van der Waals surface area contributed by atoms with Crippen molar-refractivity contribution < 1.29 is 4.79 Å². The molecule has 0 aliphatic carbocycles. The smallest absolute Gasteiger partial charge is 0.187 e. The fourth-order valence-corrected chi connectivity index (χ4v) is 3.02. The van der Waals surface area contributed by atoms with Crippen molar-refractivity contribution in [3.05, 3.63) is 47.7 Å². The molecule has 0 radical (unpaired) electrons. The largest absolute Gasteiger partial charge is 0.372 e. The summed E-state index contributed by atoms with van der Waals surface area (Å²) in [7, 11) is 0. The lowest BCUT2D eigenvalue weighted by molar-refractivity contribution is 0.104. The highest BCUT2D eigenvalue weighted by Crippen LogP contribution is 2.20. The second kappa shape index (κ2) is 5.17. The van der Waals surface area contributed by atoms with Crippen LogP contribution in [0.3, 0.4) is 0 Å². The number of benzene rings is 1. The Hall–Kier alpha value is -1.61. The molecule has 2 aliphatic heterocycles. The van der Waals surface area contributed by atoms with Crippen LogP contribution in [0, 0.1) is 6.92 Å². The van der Waals surface area contributed by atoms with Crippen molar-refractivity contribution in [2.75, 3.05) is 26.2 Å². The molecule has 0 saturated carbocycles. The van der Waals surface area contributed by atoms with Crippen molar-refractivity contribution in [1.82, 2.24) is 9.80 Å². The first-order valence-corrected chi connectivity index (χ1v) is 7.00. The summed E-state index contributed by atoms with van der Waals surface area (Å²) in [6.45, 7) is 6.52. The maximum atomic E-state index is 12.2. The molecular formula is C16H20N2O. The highest BCUT2D eigenvalue weighted by atomic mass is 16.1. The van der Waals surface area contributed by atoms with E-state index in [0.29, 0.717) is 6.04 Å². The molecule has 100 valence electrons. The van der Waals surface area contributed by atoms with Crippen molar-refractivity contribution in [3.8, 4) is 0 Å². The van der Waals surface area contributed by atoms with E-state index in [1.165, 1.54) is 13.0 Å². The third-order valence-corrected chi connectivity index (χ3v) is 4.22. The molecule has 0 aromatic heterocycles. The summed E-state index contributed by atoms with van der Waals surface area (Å²) in [6, 6.07) is 8.37. The van der Waals surface area contributed by atoms with E-state index in [9.17, 15) is 4.79 Å². The number of ketones is 1. The summed E-state index contributed by atoms with van der Waals surface area (Å²) in [5.41, 5.74) is 1.85. The van der Waals surface area contributed by atoms with Gasteiger partial charge in [-0.05, 0) is 18.9 Å². The van der Waals surface area contributed by atoms with Gasteiger partial charge < -0.3 is 4.90 Å². The van der Waals surface area contributed by atoms with Crippen LogP contribution in [0.15, 0.2) is 36.5 Å². The SMILES string of the molecule is Cc1ccccc1C(=O)C=CN1CCN2CCC1C2. The molecule has 2 saturated heterocycles. The lowest BCUT2D eigenvalue weighted by Gasteiger charge is -2.33. The van der Waals surface area contributed by atoms with Gasteiger partial charge >= 0.3 is 0 Å². The van der Waals surface area contributed by atoms with Gasteiger partial charge in [0.2, 0.25) is 0 Å². The summed E-state index contributed by atoms with van der Waals surface area (Å²) < 4.78 is 0. The van der Waals surface area contributed by atoms with E-state index in [-0.39, 0.29) is 5.78 Å². The van der Waals surface area contributed by atoms with Gasteiger partial charge in [-0.25, -0.2) is 0 Å². The summed E-state index contributed by atoms with van der Waals surface area (Å²) in [5.74, 6) is 0.110. The molecule has 2 unspecified atom stereocenters. The Kier molecular flexibility index (Phi) is 3.38. The predicted octanol–water partition coefficient (Wildman–Crippen LogP) is 2.08. The van der Waals surface area contributed by atoms with Crippen LogP contribution in [0.25, 0.3) is 0 Å². The monoisotopic (exact) mass is 256 g/mol. The molecule has 1 aromatic rings. The molecule has 1 aromatic carbocycles. The number of rotatable bonds is 3. The van der Waals surface area contributed by atoms with Gasteiger partial charge in [-0.3, -0.25) is 9.69 Å². The maximum Gasteiger partial charge on any atom is 0.187 e. The molecule has 19 heavy (non-hydrogen) atoms. The predicted molar refractivity (Wildman–Crippen MR) is 76.2 cm³/mol. The molecule has 0 spiro atoms. The van der Waals surface area contributed by atoms with Crippen LogP contribution in [-0.2, 0) is 0 Å². The van der Waals surface area contributed by atoms with Crippen LogP contribution in [0.5, 0.6) is 0 Å². The molecule has 3 heteroatoms. The van der Waals surface area contributed by atoms with Crippen LogP contribution in [0.1, 0.15) is 22.3 Å². The summed E-state index contributed by atoms with van der Waals surface area (Å²) in [6.07, 6.45) is 4.96. The second-order valence-corrected chi connectivity index (χ2v) is 5.48. The number of allylic oxidation sites excluding steroid dienone is 1. The van der Waals surface area contributed by atoms with Gasteiger partial charge in [0.25, 0.3) is 0 Å². The minimum absolute atomic E-state index is 0.110. The number of hydrogen-bond donors (Lipinski definition) is 0. The Morgan fingerprint density at radius 2 is 2.11 bits per heavy atom. The Labute approximate surface area is 114 Å². The number of piperazine rings is 1. The number of carbonyl (C=O) groups is 1. The van der Waals surface area contributed by atoms with E-state index in [0.717, 1.165) is 30.8 Å². The highest BCUT2D eigenvalue weighted by Gasteiger charge is 2.30. The molecule has 2 aliphatic rings. The van der Waals surface area contributed by atoms with E-state index in [4.69, 9.17) is 0 Å². The summed E-state index contributed by atoms with van der Waals surface area (Å²) >= 11 is 0. The molecule has 0 amide bonds. The zero-order chi connectivity index (χ0) is 13.2. The molecule has 2 heterocycles. The number of fused-ring (bicyclic) bond motifs is 2. The second-order valence-electron chi connectivity index (χ2n) is 5.48. The fraction of sp³-hybridized carbons (Fsp3) is 0.438. The van der Waals surface area contributed by atoms with E-state index >= 15 is 0 Å². The number of carbonyl (C=O) groups excluding carboxylic acids is 1. The Morgan fingerprint density at radius 3 is 2.95 bits per heavy atom. The highest BCUT2D eigenvalue weighted by molar-refractivity contribution is 6.05. The van der Waals surface area contributed by atoms with Crippen LogP contribution in [0.4, 0.5) is 0 Å². The molecular weight excluding hydrogens is 236 g/mol. The fourth-order valence-electron chi connectivity index (χ4n) is 3.02. The number of hydrogen-bond acceptors (Lipinski definition) is 3. The Bertz CT molecular complexity index is 509. The van der Waals surface area contributed by atoms with Gasteiger partial charge in [0.1, 0.15) is 0 Å². The van der Waals surface area contributed by atoms with E-state index in [1.54, 1.807) is 6.08 Å². The molecule has 2 bridgehead atoms. The van der Waals surface area contributed by atoms with Crippen molar-refractivity contribution in [3.63, 3.8) is 0 Å². The minimum atomic E-state index is 0.110.